The lowest BCUT2D eigenvalue weighted by Crippen LogP contribution is -2.55. The Balaban J connectivity index is 1.55. The van der Waals surface area contributed by atoms with Gasteiger partial charge in [0, 0.05) is 25.2 Å². The highest BCUT2D eigenvalue weighted by Gasteiger charge is 2.36. The van der Waals surface area contributed by atoms with Crippen molar-refractivity contribution in [1.82, 2.24) is 25.2 Å². The van der Waals surface area contributed by atoms with E-state index < -0.39 is 24.1 Å². The molecule has 2 aliphatic heterocycles. The number of fused-ring (bicyclic) bond motifs is 1. The van der Waals surface area contributed by atoms with Crippen LogP contribution in [0, 0.1) is 11.3 Å². The van der Waals surface area contributed by atoms with Crippen LogP contribution in [0.1, 0.15) is 33.9 Å². The summed E-state index contributed by atoms with van der Waals surface area (Å²) in [5.74, 6) is 4.74. The summed E-state index contributed by atoms with van der Waals surface area (Å²) in [7, 11) is 0. The standard InChI is InChI=1S/C22H24N8O5/c23-7-6-15-10-28(8-9-30(15)22(34)35-13-14-4-2-1-3-5-14)19-16-11-29(21(32)33)12-17(16)25-18(26-19)20(31)27-24/h1-5,15H,6,8-13,24H2,(H,27,31)(H,32,33)/t15-/m0/s1. The number of nitrogen functional groups attached to an aromatic ring is 1. The highest BCUT2D eigenvalue weighted by Crippen LogP contribution is 2.31. The molecular formula is C22H24N8O5. The Morgan fingerprint density at radius 2 is 1.97 bits per heavy atom. The minimum absolute atomic E-state index is 0.0123. The lowest BCUT2D eigenvalue weighted by molar-refractivity contribution is 0.0767. The highest BCUT2D eigenvalue weighted by atomic mass is 16.6. The normalized spacial score (nSPS) is 16.9. The molecule has 0 saturated carbocycles. The second kappa shape index (κ2) is 10.2. The van der Waals surface area contributed by atoms with Crippen molar-refractivity contribution in [2.75, 3.05) is 24.5 Å². The SMILES string of the molecule is N#CC[C@H]1CN(c2nc(C(=O)NN)nc3c2CN(C(=O)O)C3)CCN1C(=O)OCc1ccccc1. The molecule has 13 heteroatoms. The number of carboxylic acid groups (broad SMARTS) is 1. The van der Waals surface area contributed by atoms with Gasteiger partial charge in [0.05, 0.1) is 37.3 Å². The zero-order valence-electron chi connectivity index (χ0n) is 18.8. The van der Waals surface area contributed by atoms with Crippen LogP contribution >= 0.6 is 0 Å². The van der Waals surface area contributed by atoms with E-state index in [2.05, 4.69) is 16.0 Å². The number of hydrogen-bond acceptors (Lipinski definition) is 9. The average Bonchev–Trinajstić information content (AvgIpc) is 3.32. The summed E-state index contributed by atoms with van der Waals surface area (Å²) in [5.41, 5.74) is 3.83. The summed E-state index contributed by atoms with van der Waals surface area (Å²) in [4.78, 5) is 49.5. The van der Waals surface area contributed by atoms with Gasteiger partial charge in [0.2, 0.25) is 5.82 Å². The number of amides is 3. The molecule has 2 aromatic rings. The van der Waals surface area contributed by atoms with E-state index in [1.807, 2.05) is 40.7 Å². The second-order valence-electron chi connectivity index (χ2n) is 8.10. The molecule has 3 heterocycles. The third-order valence-corrected chi connectivity index (χ3v) is 5.91. The maximum absolute atomic E-state index is 12.8. The molecule has 1 aromatic carbocycles. The van der Waals surface area contributed by atoms with Crippen LogP contribution < -0.4 is 16.2 Å². The van der Waals surface area contributed by atoms with Crippen LogP contribution in [0.5, 0.6) is 0 Å². The monoisotopic (exact) mass is 480 g/mol. The van der Waals surface area contributed by atoms with Crippen LogP contribution in [-0.2, 0) is 24.4 Å². The predicted octanol–water partition coefficient (Wildman–Crippen LogP) is 0.815. The molecule has 1 atom stereocenters. The van der Waals surface area contributed by atoms with Crippen LogP contribution in [0.2, 0.25) is 0 Å². The molecule has 0 aliphatic carbocycles. The summed E-state index contributed by atoms with van der Waals surface area (Å²) in [6, 6.07) is 10.9. The van der Waals surface area contributed by atoms with Crippen molar-refractivity contribution in [3.8, 4) is 6.07 Å². The number of hydrazine groups is 1. The Hall–Kier alpha value is -4.44. The summed E-state index contributed by atoms with van der Waals surface area (Å²) in [6.45, 7) is 1.02. The minimum atomic E-state index is -1.12. The number of rotatable bonds is 5. The average molecular weight is 480 g/mol. The third-order valence-electron chi connectivity index (χ3n) is 5.91. The molecule has 35 heavy (non-hydrogen) atoms. The highest BCUT2D eigenvalue weighted by molar-refractivity contribution is 5.90. The van der Waals surface area contributed by atoms with Crippen molar-refractivity contribution >= 4 is 23.9 Å². The van der Waals surface area contributed by atoms with Gasteiger partial charge in [0.15, 0.2) is 0 Å². The molecule has 1 aromatic heterocycles. The Bertz CT molecular complexity index is 1170. The van der Waals surface area contributed by atoms with Crippen LogP contribution in [0.4, 0.5) is 15.4 Å². The molecule has 1 fully saturated rings. The van der Waals surface area contributed by atoms with Crippen LogP contribution in [0.15, 0.2) is 30.3 Å². The van der Waals surface area contributed by atoms with E-state index in [4.69, 9.17) is 10.6 Å². The number of nitrogens with zero attached hydrogens (tertiary/aromatic N) is 6. The van der Waals surface area contributed by atoms with Crippen LogP contribution in [0.25, 0.3) is 0 Å². The van der Waals surface area contributed by atoms with Gasteiger partial charge >= 0.3 is 18.1 Å². The molecule has 1 saturated heterocycles. The first kappa shape index (κ1) is 23.7. The fourth-order valence-corrected chi connectivity index (χ4v) is 4.17. The molecule has 0 spiro atoms. The third kappa shape index (κ3) is 5.07. The van der Waals surface area contributed by atoms with E-state index >= 15 is 0 Å². The molecule has 2 aliphatic rings. The fourth-order valence-electron chi connectivity index (χ4n) is 4.17. The molecule has 3 amide bonds. The van der Waals surface area contributed by atoms with Crippen molar-refractivity contribution in [2.45, 2.75) is 32.2 Å². The van der Waals surface area contributed by atoms with Gasteiger partial charge in [-0.15, -0.1) is 0 Å². The molecule has 0 bridgehead atoms. The summed E-state index contributed by atoms with van der Waals surface area (Å²) < 4.78 is 5.46. The number of carbonyl (C=O) groups is 3. The van der Waals surface area contributed by atoms with Gasteiger partial charge < -0.3 is 19.6 Å². The van der Waals surface area contributed by atoms with E-state index in [1.165, 1.54) is 4.90 Å². The molecule has 0 radical (unpaired) electrons. The number of carbonyl (C=O) groups excluding carboxylic acids is 2. The van der Waals surface area contributed by atoms with Gasteiger partial charge in [-0.3, -0.25) is 15.1 Å². The summed E-state index contributed by atoms with van der Waals surface area (Å²) in [5, 5.41) is 18.8. The maximum Gasteiger partial charge on any atom is 0.410 e. The maximum atomic E-state index is 12.8. The first-order chi connectivity index (χ1) is 16.9. The van der Waals surface area contributed by atoms with Crippen molar-refractivity contribution in [3.05, 3.63) is 53.0 Å². The summed E-state index contributed by atoms with van der Waals surface area (Å²) in [6.07, 6.45) is -1.59. The smallest absolute Gasteiger partial charge is 0.410 e. The lowest BCUT2D eigenvalue weighted by Gasteiger charge is -2.41. The van der Waals surface area contributed by atoms with E-state index in [1.54, 1.807) is 0 Å². The largest absolute Gasteiger partial charge is 0.465 e. The van der Waals surface area contributed by atoms with Crippen LogP contribution in [0.3, 0.4) is 0 Å². The Kier molecular flexibility index (Phi) is 6.93. The zero-order valence-corrected chi connectivity index (χ0v) is 18.8. The van der Waals surface area contributed by atoms with Gasteiger partial charge in [-0.2, -0.15) is 5.26 Å². The molecule has 4 rings (SSSR count). The predicted molar refractivity (Wildman–Crippen MR) is 121 cm³/mol. The quantitative estimate of drug-likeness (QED) is 0.315. The lowest BCUT2D eigenvalue weighted by atomic mass is 10.1. The summed E-state index contributed by atoms with van der Waals surface area (Å²) >= 11 is 0. The van der Waals surface area contributed by atoms with E-state index in [0.717, 1.165) is 10.5 Å². The van der Waals surface area contributed by atoms with Crippen LogP contribution in [-0.4, -0.2) is 68.6 Å². The van der Waals surface area contributed by atoms with Gasteiger partial charge in [-0.25, -0.2) is 25.4 Å². The number of benzene rings is 1. The van der Waals surface area contributed by atoms with Gasteiger partial charge in [-0.1, -0.05) is 30.3 Å². The molecule has 0 unspecified atom stereocenters. The topological polar surface area (TPSA) is 178 Å². The number of hydrogen-bond donors (Lipinski definition) is 3. The van der Waals surface area contributed by atoms with Crippen molar-refractivity contribution in [1.29, 1.82) is 5.26 Å². The first-order valence-electron chi connectivity index (χ1n) is 10.9. The Labute approximate surface area is 200 Å². The zero-order chi connectivity index (χ0) is 24.9. The van der Waals surface area contributed by atoms with Crippen molar-refractivity contribution < 1.29 is 24.2 Å². The number of nitrogens with two attached hydrogens (primary N) is 1. The van der Waals surface area contributed by atoms with Gasteiger partial charge in [0.25, 0.3) is 0 Å². The minimum Gasteiger partial charge on any atom is -0.465 e. The number of nitriles is 1. The fraction of sp³-hybridized carbons (Fsp3) is 0.364. The Morgan fingerprint density at radius 3 is 2.66 bits per heavy atom. The number of nitrogens with one attached hydrogen (secondary N) is 1. The Morgan fingerprint density at radius 1 is 1.20 bits per heavy atom. The number of piperazine rings is 1. The second-order valence-corrected chi connectivity index (χ2v) is 8.10. The molecular weight excluding hydrogens is 456 g/mol. The van der Waals surface area contributed by atoms with Crippen molar-refractivity contribution in [3.63, 3.8) is 0 Å². The van der Waals surface area contributed by atoms with E-state index in [9.17, 15) is 24.8 Å². The molecule has 182 valence electrons. The molecule has 13 nitrogen and oxygen atoms in total. The number of aromatic nitrogens is 2. The van der Waals surface area contributed by atoms with Gasteiger partial charge in [-0.05, 0) is 5.56 Å². The number of anilines is 1. The van der Waals surface area contributed by atoms with E-state index in [-0.39, 0.29) is 45.0 Å². The van der Waals surface area contributed by atoms with Crippen molar-refractivity contribution in [2.24, 2.45) is 5.84 Å². The first-order valence-corrected chi connectivity index (χ1v) is 10.9. The number of ether oxygens (including phenoxy) is 1. The van der Waals surface area contributed by atoms with Gasteiger partial charge in [0.1, 0.15) is 12.4 Å². The molecule has 4 N–H and O–H groups in total. The van der Waals surface area contributed by atoms with E-state index in [0.29, 0.717) is 23.6 Å².